The number of H-pyrrole nitrogens is 1. The van der Waals surface area contributed by atoms with Crippen molar-refractivity contribution in [3.8, 4) is 0 Å². The van der Waals surface area contributed by atoms with Crippen molar-refractivity contribution in [1.82, 2.24) is 4.98 Å². The monoisotopic (exact) mass is 206 g/mol. The fourth-order valence-electron chi connectivity index (χ4n) is 1.51. The van der Waals surface area contributed by atoms with E-state index in [1.54, 1.807) is 19.2 Å². The number of Topliss-reactive ketones (excluding diaryl/α,β-unsaturated/α-hetero) is 1. The first-order valence-electron chi connectivity index (χ1n) is 4.66. The van der Waals surface area contributed by atoms with E-state index in [2.05, 4.69) is 4.98 Å². The number of aromatic nitrogens is 1. The van der Waals surface area contributed by atoms with Gasteiger partial charge in [0.05, 0.1) is 11.6 Å². The summed E-state index contributed by atoms with van der Waals surface area (Å²) >= 11 is 0. The largest absolute Gasteiger partial charge is 0.361 e. The zero-order chi connectivity index (χ0) is 11.0. The summed E-state index contributed by atoms with van der Waals surface area (Å²) in [5, 5.41) is 0.744. The highest BCUT2D eigenvalue weighted by Crippen LogP contribution is 2.18. The smallest absolute Gasteiger partial charge is 0.182 e. The number of carbonyl (C=O) groups is 1. The molecule has 1 unspecified atom stereocenters. The van der Waals surface area contributed by atoms with Gasteiger partial charge in [-0.1, -0.05) is 0 Å². The van der Waals surface area contributed by atoms with Crippen molar-refractivity contribution in [2.45, 2.75) is 13.0 Å². The standard InChI is InChI=1S/C11H11FN2O/c1-6(13)11(15)8-5-10-7(2-3-14-10)4-9(8)12/h2-6,14H,13H2,1H3. The molecule has 2 rings (SSSR count). The Morgan fingerprint density at radius 2 is 2.27 bits per heavy atom. The zero-order valence-corrected chi connectivity index (χ0v) is 8.25. The van der Waals surface area contributed by atoms with Crippen molar-refractivity contribution < 1.29 is 9.18 Å². The number of benzene rings is 1. The van der Waals surface area contributed by atoms with Gasteiger partial charge in [-0.05, 0) is 25.1 Å². The van der Waals surface area contributed by atoms with Crippen molar-refractivity contribution in [2.24, 2.45) is 5.73 Å². The van der Waals surface area contributed by atoms with E-state index < -0.39 is 11.9 Å². The molecule has 0 aliphatic rings. The van der Waals surface area contributed by atoms with Crippen LogP contribution < -0.4 is 5.73 Å². The van der Waals surface area contributed by atoms with Crippen LogP contribution in [0.15, 0.2) is 24.4 Å². The van der Waals surface area contributed by atoms with Gasteiger partial charge in [0.25, 0.3) is 0 Å². The summed E-state index contributed by atoms with van der Waals surface area (Å²) in [7, 11) is 0. The molecule has 1 aromatic carbocycles. The van der Waals surface area contributed by atoms with E-state index >= 15 is 0 Å². The Balaban J connectivity index is 2.60. The molecule has 0 amide bonds. The number of halogens is 1. The Morgan fingerprint density at radius 3 is 2.93 bits per heavy atom. The lowest BCUT2D eigenvalue weighted by molar-refractivity contribution is 0.0964. The van der Waals surface area contributed by atoms with E-state index in [-0.39, 0.29) is 11.3 Å². The molecule has 1 heterocycles. The lowest BCUT2D eigenvalue weighted by Gasteiger charge is -2.05. The molecule has 0 saturated carbocycles. The summed E-state index contributed by atoms with van der Waals surface area (Å²) in [6, 6.07) is 3.89. The molecule has 3 nitrogen and oxygen atoms in total. The van der Waals surface area contributed by atoms with Crippen molar-refractivity contribution in [2.75, 3.05) is 0 Å². The van der Waals surface area contributed by atoms with Crippen LogP contribution in [0.1, 0.15) is 17.3 Å². The number of rotatable bonds is 2. The minimum absolute atomic E-state index is 0.0416. The summed E-state index contributed by atoms with van der Waals surface area (Å²) in [6.07, 6.45) is 1.70. The fourth-order valence-corrected chi connectivity index (χ4v) is 1.51. The van der Waals surface area contributed by atoms with Crippen LogP contribution in [-0.2, 0) is 0 Å². The number of carbonyl (C=O) groups excluding carboxylic acids is 1. The molecule has 78 valence electrons. The predicted molar refractivity (Wildman–Crippen MR) is 56.2 cm³/mol. The van der Waals surface area contributed by atoms with Gasteiger partial charge in [-0.2, -0.15) is 0 Å². The van der Waals surface area contributed by atoms with Gasteiger partial charge in [-0.25, -0.2) is 4.39 Å². The number of aromatic amines is 1. The second-order valence-electron chi connectivity index (χ2n) is 3.55. The molecular weight excluding hydrogens is 195 g/mol. The van der Waals surface area contributed by atoms with E-state index in [0.717, 1.165) is 10.9 Å². The maximum Gasteiger partial charge on any atom is 0.182 e. The molecule has 0 fully saturated rings. The highest BCUT2D eigenvalue weighted by atomic mass is 19.1. The topological polar surface area (TPSA) is 58.9 Å². The number of fused-ring (bicyclic) bond motifs is 1. The van der Waals surface area contributed by atoms with Crippen LogP contribution in [0, 0.1) is 5.82 Å². The van der Waals surface area contributed by atoms with Gasteiger partial charge in [0.1, 0.15) is 5.82 Å². The third kappa shape index (κ3) is 1.64. The quantitative estimate of drug-likeness (QED) is 0.736. The van der Waals surface area contributed by atoms with Gasteiger partial charge in [-0.3, -0.25) is 4.79 Å². The van der Waals surface area contributed by atoms with E-state index in [1.165, 1.54) is 12.1 Å². The molecule has 15 heavy (non-hydrogen) atoms. The van der Waals surface area contributed by atoms with Crippen molar-refractivity contribution in [3.63, 3.8) is 0 Å². The lowest BCUT2D eigenvalue weighted by Crippen LogP contribution is -2.27. The van der Waals surface area contributed by atoms with Gasteiger partial charge in [-0.15, -0.1) is 0 Å². The van der Waals surface area contributed by atoms with Crippen molar-refractivity contribution in [1.29, 1.82) is 0 Å². The summed E-state index contributed by atoms with van der Waals surface area (Å²) in [6.45, 7) is 1.54. The molecule has 0 spiro atoms. The average Bonchev–Trinajstić information content (AvgIpc) is 2.62. The Kier molecular flexibility index (Phi) is 2.28. The first-order valence-corrected chi connectivity index (χ1v) is 4.66. The summed E-state index contributed by atoms with van der Waals surface area (Å²) in [5.41, 5.74) is 6.21. The predicted octanol–water partition coefficient (Wildman–Crippen LogP) is 1.84. The van der Waals surface area contributed by atoms with Crippen LogP contribution >= 0.6 is 0 Å². The van der Waals surface area contributed by atoms with Gasteiger partial charge >= 0.3 is 0 Å². The van der Waals surface area contributed by atoms with E-state index in [9.17, 15) is 9.18 Å². The highest BCUT2D eigenvalue weighted by molar-refractivity contribution is 6.02. The second-order valence-corrected chi connectivity index (χ2v) is 3.55. The highest BCUT2D eigenvalue weighted by Gasteiger charge is 2.16. The Hall–Kier alpha value is -1.68. The maximum absolute atomic E-state index is 13.5. The van der Waals surface area contributed by atoms with Gasteiger partial charge in [0.2, 0.25) is 0 Å². The molecule has 0 saturated heterocycles. The van der Waals surface area contributed by atoms with Gasteiger partial charge < -0.3 is 10.7 Å². The molecule has 0 bridgehead atoms. The molecule has 3 N–H and O–H groups in total. The van der Waals surface area contributed by atoms with Crippen LogP contribution in [-0.4, -0.2) is 16.8 Å². The number of nitrogens with two attached hydrogens (primary N) is 1. The molecule has 0 aliphatic heterocycles. The normalized spacial score (nSPS) is 13.0. The Bertz CT molecular complexity index is 516. The molecular formula is C11H11FN2O. The Labute approximate surface area is 86.1 Å². The third-order valence-electron chi connectivity index (χ3n) is 2.32. The van der Waals surface area contributed by atoms with E-state index in [0.29, 0.717) is 0 Å². The average molecular weight is 206 g/mol. The van der Waals surface area contributed by atoms with E-state index in [4.69, 9.17) is 5.73 Å². The zero-order valence-electron chi connectivity index (χ0n) is 8.25. The van der Waals surface area contributed by atoms with Crippen LogP contribution in [0.3, 0.4) is 0 Å². The molecule has 0 aliphatic carbocycles. The molecule has 1 aromatic heterocycles. The van der Waals surface area contributed by atoms with E-state index in [1.807, 2.05) is 0 Å². The number of hydrogen-bond acceptors (Lipinski definition) is 2. The minimum Gasteiger partial charge on any atom is -0.361 e. The van der Waals surface area contributed by atoms with Crippen molar-refractivity contribution >= 4 is 16.7 Å². The van der Waals surface area contributed by atoms with Gasteiger partial charge in [0, 0.05) is 17.1 Å². The second kappa shape index (κ2) is 3.47. The molecule has 2 aromatic rings. The lowest BCUT2D eigenvalue weighted by atomic mass is 10.0. The third-order valence-corrected chi connectivity index (χ3v) is 2.32. The maximum atomic E-state index is 13.5. The fraction of sp³-hybridized carbons (Fsp3) is 0.182. The first kappa shape index (κ1) is 9.86. The van der Waals surface area contributed by atoms with Crippen LogP contribution in [0.25, 0.3) is 10.9 Å². The summed E-state index contributed by atoms with van der Waals surface area (Å²) < 4.78 is 13.5. The van der Waals surface area contributed by atoms with Crippen LogP contribution in [0.4, 0.5) is 4.39 Å². The molecule has 1 atom stereocenters. The minimum atomic E-state index is -0.688. The van der Waals surface area contributed by atoms with Crippen molar-refractivity contribution in [3.05, 3.63) is 35.8 Å². The van der Waals surface area contributed by atoms with Crippen LogP contribution in [0.2, 0.25) is 0 Å². The first-order chi connectivity index (χ1) is 7.09. The molecule has 0 radical (unpaired) electrons. The Morgan fingerprint density at radius 1 is 1.53 bits per heavy atom. The van der Waals surface area contributed by atoms with Gasteiger partial charge in [0.15, 0.2) is 5.78 Å². The summed E-state index contributed by atoms with van der Waals surface area (Å²) in [4.78, 5) is 14.5. The number of nitrogens with one attached hydrogen (secondary N) is 1. The number of ketones is 1. The summed E-state index contributed by atoms with van der Waals surface area (Å²) in [5.74, 6) is -0.909. The number of hydrogen-bond donors (Lipinski definition) is 2. The molecule has 4 heteroatoms. The van der Waals surface area contributed by atoms with Crippen LogP contribution in [0.5, 0.6) is 0 Å². The SMILES string of the molecule is CC(N)C(=O)c1cc2[nH]ccc2cc1F.